The highest BCUT2D eigenvalue weighted by Gasteiger charge is 2.47. The van der Waals surface area contributed by atoms with Gasteiger partial charge >= 0.3 is 5.97 Å². The quantitative estimate of drug-likeness (QED) is 0.707. The van der Waals surface area contributed by atoms with Gasteiger partial charge in [0.2, 0.25) is 0 Å². The Hall–Kier alpha value is -0.570. The Bertz CT molecular complexity index is 312. The largest absolute Gasteiger partial charge is 0.462 e. The van der Waals surface area contributed by atoms with Gasteiger partial charge in [0.25, 0.3) is 0 Å². The number of ether oxygens (including phenoxy) is 1. The molecule has 3 rings (SSSR count). The zero-order valence-corrected chi connectivity index (χ0v) is 11.4. The van der Waals surface area contributed by atoms with Crippen LogP contribution in [-0.4, -0.2) is 36.1 Å². The van der Waals surface area contributed by atoms with E-state index in [1.54, 1.807) is 6.92 Å². The zero-order chi connectivity index (χ0) is 12.5. The van der Waals surface area contributed by atoms with Crippen molar-refractivity contribution in [1.82, 2.24) is 4.90 Å². The lowest BCUT2D eigenvalue weighted by atomic mass is 9.80. The first-order chi connectivity index (χ1) is 8.75. The van der Waals surface area contributed by atoms with E-state index in [1.807, 2.05) is 0 Å². The summed E-state index contributed by atoms with van der Waals surface area (Å²) in [6.07, 6.45) is 9.45. The van der Waals surface area contributed by atoms with Crippen LogP contribution >= 0.6 is 0 Å². The SMILES string of the molecule is CC(=O)O[C@@H]1[C@H]2CC[C@@H]1[C@H](N1CCCCC1)CC2. The lowest BCUT2D eigenvalue weighted by Gasteiger charge is -2.43. The van der Waals surface area contributed by atoms with Crippen LogP contribution in [0.5, 0.6) is 0 Å². The Balaban J connectivity index is 1.70. The van der Waals surface area contributed by atoms with Gasteiger partial charge in [-0.2, -0.15) is 0 Å². The van der Waals surface area contributed by atoms with Crippen molar-refractivity contribution in [2.24, 2.45) is 11.8 Å². The van der Waals surface area contributed by atoms with E-state index in [0.717, 1.165) is 0 Å². The van der Waals surface area contributed by atoms with E-state index in [-0.39, 0.29) is 12.1 Å². The predicted molar refractivity (Wildman–Crippen MR) is 70.2 cm³/mol. The van der Waals surface area contributed by atoms with Crippen molar-refractivity contribution < 1.29 is 9.53 Å². The Morgan fingerprint density at radius 1 is 1.06 bits per heavy atom. The maximum atomic E-state index is 11.3. The van der Waals surface area contributed by atoms with Gasteiger partial charge in [0.05, 0.1) is 0 Å². The van der Waals surface area contributed by atoms with Crippen LogP contribution < -0.4 is 0 Å². The molecule has 0 aromatic rings. The van der Waals surface area contributed by atoms with E-state index < -0.39 is 0 Å². The molecule has 3 nitrogen and oxygen atoms in total. The maximum Gasteiger partial charge on any atom is 0.302 e. The van der Waals surface area contributed by atoms with Gasteiger partial charge in [-0.25, -0.2) is 0 Å². The summed E-state index contributed by atoms with van der Waals surface area (Å²) in [7, 11) is 0. The third-order valence-corrected chi connectivity index (χ3v) is 5.25. The Labute approximate surface area is 110 Å². The molecule has 1 saturated heterocycles. The number of carbonyl (C=O) groups is 1. The normalized spacial score (nSPS) is 40.7. The van der Waals surface area contributed by atoms with Crippen LogP contribution in [0.15, 0.2) is 0 Å². The smallest absolute Gasteiger partial charge is 0.302 e. The maximum absolute atomic E-state index is 11.3. The van der Waals surface area contributed by atoms with Crippen LogP contribution in [0.4, 0.5) is 0 Å². The molecule has 4 atom stereocenters. The average Bonchev–Trinajstić information content (AvgIpc) is 2.62. The molecule has 2 saturated carbocycles. The zero-order valence-electron chi connectivity index (χ0n) is 11.4. The molecule has 0 amide bonds. The van der Waals surface area contributed by atoms with Crippen molar-refractivity contribution in [1.29, 1.82) is 0 Å². The van der Waals surface area contributed by atoms with Crippen molar-refractivity contribution in [2.45, 2.75) is 64.0 Å². The van der Waals surface area contributed by atoms with Crippen molar-refractivity contribution >= 4 is 5.97 Å². The number of esters is 1. The molecular weight excluding hydrogens is 226 g/mol. The van der Waals surface area contributed by atoms with E-state index >= 15 is 0 Å². The molecule has 1 heterocycles. The molecule has 18 heavy (non-hydrogen) atoms. The lowest BCUT2D eigenvalue weighted by molar-refractivity contribution is -0.154. The van der Waals surface area contributed by atoms with Gasteiger partial charge in [-0.15, -0.1) is 0 Å². The van der Waals surface area contributed by atoms with Crippen LogP contribution in [0.25, 0.3) is 0 Å². The van der Waals surface area contributed by atoms with Gasteiger partial charge in [-0.05, 0) is 57.5 Å². The summed E-state index contributed by atoms with van der Waals surface area (Å²) in [4.78, 5) is 14.0. The summed E-state index contributed by atoms with van der Waals surface area (Å²) in [5.74, 6) is 1.18. The minimum atomic E-state index is -0.0869. The van der Waals surface area contributed by atoms with E-state index in [4.69, 9.17) is 4.74 Å². The first kappa shape index (κ1) is 12.5. The molecule has 102 valence electrons. The summed E-state index contributed by atoms with van der Waals surface area (Å²) in [6.45, 7) is 4.08. The highest BCUT2D eigenvalue weighted by atomic mass is 16.5. The van der Waals surface area contributed by atoms with Gasteiger partial charge in [0.15, 0.2) is 0 Å². The predicted octanol–water partition coefficient (Wildman–Crippen LogP) is 2.59. The van der Waals surface area contributed by atoms with E-state index in [9.17, 15) is 4.79 Å². The average molecular weight is 251 g/mol. The summed E-state index contributed by atoms with van der Waals surface area (Å²) in [5.41, 5.74) is 0. The fourth-order valence-corrected chi connectivity index (χ4v) is 4.48. The number of hydrogen-bond acceptors (Lipinski definition) is 3. The van der Waals surface area contributed by atoms with E-state index in [2.05, 4.69) is 4.90 Å². The van der Waals surface area contributed by atoms with Crippen LogP contribution in [0.2, 0.25) is 0 Å². The molecule has 3 aliphatic rings. The molecule has 1 aliphatic heterocycles. The second-order valence-corrected chi connectivity index (χ2v) is 6.32. The molecule has 0 aromatic carbocycles. The number of likely N-dealkylation sites (tertiary alicyclic amines) is 1. The highest BCUT2D eigenvalue weighted by Crippen LogP contribution is 2.46. The second-order valence-electron chi connectivity index (χ2n) is 6.32. The topological polar surface area (TPSA) is 29.5 Å². The number of piperidine rings is 1. The van der Waals surface area contributed by atoms with Gasteiger partial charge in [-0.3, -0.25) is 9.69 Å². The van der Waals surface area contributed by atoms with Gasteiger partial charge in [0.1, 0.15) is 6.10 Å². The lowest BCUT2D eigenvalue weighted by Crippen LogP contribution is -2.49. The summed E-state index contributed by atoms with van der Waals surface area (Å²) in [5, 5.41) is 0. The van der Waals surface area contributed by atoms with E-state index in [0.29, 0.717) is 17.9 Å². The van der Waals surface area contributed by atoms with Crippen LogP contribution in [0.1, 0.15) is 51.9 Å². The Morgan fingerprint density at radius 3 is 2.50 bits per heavy atom. The van der Waals surface area contributed by atoms with Crippen molar-refractivity contribution in [3.05, 3.63) is 0 Å². The summed E-state index contributed by atoms with van der Waals surface area (Å²) >= 11 is 0. The van der Waals surface area contributed by atoms with Gasteiger partial charge < -0.3 is 4.74 Å². The van der Waals surface area contributed by atoms with Crippen LogP contribution in [0, 0.1) is 11.8 Å². The summed E-state index contributed by atoms with van der Waals surface area (Å²) in [6, 6.07) is 0.688. The molecule has 0 radical (unpaired) electrons. The fourth-order valence-electron chi connectivity index (χ4n) is 4.48. The number of hydrogen-bond donors (Lipinski definition) is 0. The van der Waals surface area contributed by atoms with Crippen molar-refractivity contribution in [2.75, 3.05) is 13.1 Å². The molecule has 3 heteroatoms. The second kappa shape index (κ2) is 5.20. The third kappa shape index (κ3) is 2.29. The number of fused-ring (bicyclic) bond motifs is 2. The number of nitrogens with zero attached hydrogens (tertiary/aromatic N) is 1. The molecule has 0 spiro atoms. The van der Waals surface area contributed by atoms with Crippen molar-refractivity contribution in [3.8, 4) is 0 Å². The summed E-state index contributed by atoms with van der Waals surface area (Å²) < 4.78 is 5.63. The minimum Gasteiger partial charge on any atom is -0.462 e. The minimum absolute atomic E-state index is 0.0869. The Kier molecular flexibility index (Phi) is 3.60. The van der Waals surface area contributed by atoms with Gasteiger partial charge in [-0.1, -0.05) is 6.42 Å². The molecule has 0 N–H and O–H groups in total. The molecular formula is C15H25NO2. The first-order valence-corrected chi connectivity index (χ1v) is 7.67. The monoisotopic (exact) mass is 251 g/mol. The highest BCUT2D eigenvalue weighted by molar-refractivity contribution is 5.66. The van der Waals surface area contributed by atoms with Gasteiger partial charge in [0, 0.05) is 18.9 Å². The van der Waals surface area contributed by atoms with Crippen molar-refractivity contribution in [3.63, 3.8) is 0 Å². The Morgan fingerprint density at radius 2 is 1.78 bits per heavy atom. The number of rotatable bonds is 2. The molecule has 3 fully saturated rings. The molecule has 2 aliphatic carbocycles. The first-order valence-electron chi connectivity index (χ1n) is 7.67. The molecule has 2 bridgehead atoms. The fraction of sp³-hybridized carbons (Fsp3) is 0.933. The van der Waals surface area contributed by atoms with Crippen LogP contribution in [0.3, 0.4) is 0 Å². The molecule has 0 aromatic heterocycles. The third-order valence-electron chi connectivity index (χ3n) is 5.25. The van der Waals surface area contributed by atoms with Crippen LogP contribution in [-0.2, 0) is 9.53 Å². The molecule has 0 unspecified atom stereocenters. The number of carbonyl (C=O) groups excluding carboxylic acids is 1. The standard InChI is InChI=1S/C15H25NO2/c1-11(17)18-15-12-5-7-13(15)14(8-6-12)16-9-3-2-4-10-16/h12-15H,2-10H2,1H3/t12-,13+,14+,15+/m0/s1. The van der Waals surface area contributed by atoms with E-state index in [1.165, 1.54) is 58.0 Å².